The van der Waals surface area contributed by atoms with Gasteiger partial charge in [-0.1, -0.05) is 50.2 Å². The molecule has 2 aliphatic rings. The summed E-state index contributed by atoms with van der Waals surface area (Å²) in [7, 11) is 0. The summed E-state index contributed by atoms with van der Waals surface area (Å²) in [6.45, 7) is 7.68. The van der Waals surface area contributed by atoms with Gasteiger partial charge in [0.1, 0.15) is 5.54 Å². The van der Waals surface area contributed by atoms with Crippen LogP contribution in [0.4, 0.5) is 4.79 Å². The van der Waals surface area contributed by atoms with Crippen LogP contribution in [0.25, 0.3) is 0 Å². The number of amides is 3. The lowest BCUT2D eigenvalue weighted by Crippen LogP contribution is -2.57. The molecule has 6 heteroatoms. The number of piperidine rings is 1. The topological polar surface area (TPSA) is 56.8 Å². The molecular formula is C25H32N4O2. The molecule has 2 saturated heterocycles. The minimum Gasteiger partial charge on any atom is -0.309 e. The van der Waals surface area contributed by atoms with Gasteiger partial charge < -0.3 is 9.80 Å². The van der Waals surface area contributed by atoms with Crippen molar-refractivity contribution in [3.63, 3.8) is 0 Å². The third-order valence-corrected chi connectivity index (χ3v) is 6.46. The zero-order chi connectivity index (χ0) is 21.8. The number of imide groups is 1. The lowest BCUT2D eigenvalue weighted by Gasteiger charge is -2.42. The summed E-state index contributed by atoms with van der Waals surface area (Å²) >= 11 is 0. The molecule has 3 heterocycles. The number of carbonyl (C=O) groups is 2. The number of aromatic nitrogens is 1. The van der Waals surface area contributed by atoms with Crippen molar-refractivity contribution in [3.8, 4) is 0 Å². The van der Waals surface area contributed by atoms with Crippen molar-refractivity contribution in [1.29, 1.82) is 0 Å². The molecule has 1 aromatic carbocycles. The molecule has 0 atom stereocenters. The molecule has 2 aliphatic heterocycles. The molecule has 0 aliphatic carbocycles. The van der Waals surface area contributed by atoms with Crippen LogP contribution < -0.4 is 0 Å². The lowest BCUT2D eigenvalue weighted by molar-refractivity contribution is -0.136. The molecular weight excluding hydrogens is 388 g/mol. The van der Waals surface area contributed by atoms with Gasteiger partial charge >= 0.3 is 6.03 Å². The fourth-order valence-electron chi connectivity index (χ4n) is 4.76. The van der Waals surface area contributed by atoms with Crippen LogP contribution in [0, 0.1) is 5.92 Å². The van der Waals surface area contributed by atoms with Crippen molar-refractivity contribution in [2.75, 3.05) is 26.2 Å². The number of pyridine rings is 1. The highest BCUT2D eigenvalue weighted by molar-refractivity contribution is 6.07. The summed E-state index contributed by atoms with van der Waals surface area (Å²) in [6, 6.07) is 15.9. The molecule has 0 saturated carbocycles. The Morgan fingerprint density at radius 3 is 2.35 bits per heavy atom. The Balaban J connectivity index is 1.47. The Kier molecular flexibility index (Phi) is 6.37. The summed E-state index contributed by atoms with van der Waals surface area (Å²) in [4.78, 5) is 36.9. The van der Waals surface area contributed by atoms with Crippen LogP contribution in [-0.4, -0.2) is 63.3 Å². The molecule has 1 aromatic heterocycles. The number of hydrogen-bond acceptors (Lipinski definition) is 4. The van der Waals surface area contributed by atoms with Crippen LogP contribution in [0.1, 0.15) is 37.9 Å². The van der Waals surface area contributed by atoms with Crippen molar-refractivity contribution in [2.24, 2.45) is 5.92 Å². The minimum atomic E-state index is -0.709. The molecule has 0 bridgehead atoms. The number of hydrogen-bond donors (Lipinski definition) is 0. The molecule has 6 nitrogen and oxygen atoms in total. The summed E-state index contributed by atoms with van der Waals surface area (Å²) in [6.07, 6.45) is 4.09. The average molecular weight is 421 g/mol. The van der Waals surface area contributed by atoms with Crippen LogP contribution in [-0.2, 0) is 17.8 Å². The zero-order valence-electron chi connectivity index (χ0n) is 18.5. The first kappa shape index (κ1) is 21.5. The van der Waals surface area contributed by atoms with E-state index in [-0.39, 0.29) is 18.5 Å². The Hall–Kier alpha value is -2.73. The Bertz CT molecular complexity index is 892. The van der Waals surface area contributed by atoms with Crippen molar-refractivity contribution in [1.82, 2.24) is 19.7 Å². The van der Waals surface area contributed by atoms with Gasteiger partial charge in [0.05, 0.1) is 12.2 Å². The standard InChI is InChI=1S/C25H32N4O2/c1-20(2)18-29-24(31)28(19-22-10-6-7-14-26-22)23(30)25(29)12-16-27(17-13-25)15-11-21-8-4-3-5-9-21/h3-10,14,20H,11-13,15-19H2,1-2H3. The first-order chi connectivity index (χ1) is 15.0. The van der Waals surface area contributed by atoms with E-state index in [0.717, 1.165) is 31.7 Å². The maximum absolute atomic E-state index is 13.6. The van der Waals surface area contributed by atoms with Gasteiger partial charge in [-0.25, -0.2) is 4.79 Å². The molecule has 0 N–H and O–H groups in total. The molecule has 0 radical (unpaired) electrons. The van der Waals surface area contributed by atoms with E-state index in [1.165, 1.54) is 10.5 Å². The Morgan fingerprint density at radius 2 is 1.71 bits per heavy atom. The Morgan fingerprint density at radius 1 is 1.00 bits per heavy atom. The molecule has 4 rings (SSSR count). The van der Waals surface area contributed by atoms with Gasteiger partial charge in [-0.2, -0.15) is 0 Å². The third kappa shape index (κ3) is 4.49. The van der Waals surface area contributed by atoms with Crippen molar-refractivity contribution in [2.45, 2.75) is 45.2 Å². The first-order valence-corrected chi connectivity index (χ1v) is 11.3. The van der Waals surface area contributed by atoms with E-state index in [9.17, 15) is 9.59 Å². The largest absolute Gasteiger partial charge is 0.328 e. The fourth-order valence-corrected chi connectivity index (χ4v) is 4.76. The van der Waals surface area contributed by atoms with Gasteiger partial charge in [-0.05, 0) is 42.9 Å². The van der Waals surface area contributed by atoms with Crippen LogP contribution in [0.15, 0.2) is 54.7 Å². The number of urea groups is 1. The summed E-state index contributed by atoms with van der Waals surface area (Å²) < 4.78 is 0. The number of likely N-dealkylation sites (tertiary alicyclic amines) is 1. The van der Waals surface area contributed by atoms with E-state index in [0.29, 0.717) is 25.3 Å². The second-order valence-electron chi connectivity index (χ2n) is 9.11. The predicted octanol–water partition coefficient (Wildman–Crippen LogP) is 3.58. The highest BCUT2D eigenvalue weighted by atomic mass is 16.2. The Labute approximate surface area is 184 Å². The summed E-state index contributed by atoms with van der Waals surface area (Å²) in [5.74, 6) is 0.256. The van der Waals surface area contributed by atoms with Gasteiger partial charge in [-0.15, -0.1) is 0 Å². The van der Waals surface area contributed by atoms with E-state index in [1.54, 1.807) is 6.20 Å². The first-order valence-electron chi connectivity index (χ1n) is 11.3. The van der Waals surface area contributed by atoms with Crippen LogP contribution >= 0.6 is 0 Å². The van der Waals surface area contributed by atoms with E-state index in [2.05, 4.69) is 48.0 Å². The van der Waals surface area contributed by atoms with Crippen molar-refractivity contribution < 1.29 is 9.59 Å². The maximum atomic E-state index is 13.6. The van der Waals surface area contributed by atoms with E-state index >= 15 is 0 Å². The molecule has 2 fully saturated rings. The van der Waals surface area contributed by atoms with Crippen LogP contribution in [0.3, 0.4) is 0 Å². The second kappa shape index (κ2) is 9.18. The molecule has 2 aromatic rings. The van der Waals surface area contributed by atoms with Crippen molar-refractivity contribution in [3.05, 3.63) is 66.0 Å². The molecule has 3 amide bonds. The van der Waals surface area contributed by atoms with Gasteiger partial charge in [0.2, 0.25) is 0 Å². The zero-order valence-corrected chi connectivity index (χ0v) is 18.5. The highest BCUT2D eigenvalue weighted by Crippen LogP contribution is 2.38. The van der Waals surface area contributed by atoms with Gasteiger partial charge in [0.25, 0.3) is 5.91 Å². The normalized spacial score (nSPS) is 19.1. The number of benzene rings is 1. The average Bonchev–Trinajstić information content (AvgIpc) is 2.96. The second-order valence-corrected chi connectivity index (χ2v) is 9.11. The smallest absolute Gasteiger partial charge is 0.309 e. The third-order valence-electron chi connectivity index (χ3n) is 6.46. The number of nitrogens with zero attached hydrogens (tertiary/aromatic N) is 4. The van der Waals surface area contributed by atoms with Gasteiger partial charge in [0.15, 0.2) is 0 Å². The fraction of sp³-hybridized carbons (Fsp3) is 0.480. The number of carbonyl (C=O) groups excluding carboxylic acids is 2. The maximum Gasteiger partial charge on any atom is 0.328 e. The molecule has 0 unspecified atom stereocenters. The quantitative estimate of drug-likeness (QED) is 0.643. The lowest BCUT2D eigenvalue weighted by atomic mass is 9.85. The van der Waals surface area contributed by atoms with Gasteiger partial charge in [0, 0.05) is 32.4 Å². The van der Waals surface area contributed by atoms with E-state index < -0.39 is 5.54 Å². The SMILES string of the molecule is CC(C)CN1C(=O)N(Cc2ccccn2)C(=O)C12CCN(CCc1ccccc1)CC2. The van der Waals surface area contributed by atoms with Crippen LogP contribution in [0.5, 0.6) is 0 Å². The van der Waals surface area contributed by atoms with Crippen LogP contribution in [0.2, 0.25) is 0 Å². The van der Waals surface area contributed by atoms with Crippen molar-refractivity contribution >= 4 is 11.9 Å². The predicted molar refractivity (Wildman–Crippen MR) is 120 cm³/mol. The molecule has 164 valence electrons. The van der Waals surface area contributed by atoms with Gasteiger partial charge in [-0.3, -0.25) is 14.7 Å². The minimum absolute atomic E-state index is 0.0495. The molecule has 1 spiro atoms. The number of rotatable bonds is 7. The highest BCUT2D eigenvalue weighted by Gasteiger charge is 2.57. The van der Waals surface area contributed by atoms with E-state index in [1.807, 2.05) is 29.2 Å². The summed E-state index contributed by atoms with van der Waals surface area (Å²) in [5, 5.41) is 0. The monoisotopic (exact) mass is 420 g/mol. The van der Waals surface area contributed by atoms with E-state index in [4.69, 9.17) is 0 Å². The molecule has 31 heavy (non-hydrogen) atoms. The summed E-state index contributed by atoms with van der Waals surface area (Å²) in [5.41, 5.74) is 1.36.